The van der Waals surface area contributed by atoms with E-state index in [-0.39, 0.29) is 59.6 Å². The van der Waals surface area contributed by atoms with Gasteiger partial charge in [0.25, 0.3) is 0 Å². The van der Waals surface area contributed by atoms with Gasteiger partial charge in [-0.05, 0) is 90.0 Å². The molecule has 7 aliphatic rings. The third kappa shape index (κ3) is 4.89. The van der Waals surface area contributed by atoms with Crippen molar-refractivity contribution >= 4 is 11.8 Å². The summed E-state index contributed by atoms with van der Waals surface area (Å²) in [7, 11) is 0. The molecule has 5 aliphatic heterocycles. The fourth-order valence-electron chi connectivity index (χ4n) is 10.6. The number of nitrogens with one attached hydrogen (secondary N) is 1. The maximum atomic E-state index is 14.2. The van der Waals surface area contributed by atoms with E-state index in [2.05, 4.69) is 5.32 Å². The highest BCUT2D eigenvalue weighted by Crippen LogP contribution is 2.58. The first-order valence-electron chi connectivity index (χ1n) is 16.9. The molecule has 0 bridgehead atoms. The van der Waals surface area contributed by atoms with Crippen molar-refractivity contribution in [2.24, 2.45) is 34.8 Å². The van der Waals surface area contributed by atoms with Crippen molar-refractivity contribution in [2.75, 3.05) is 6.54 Å². The van der Waals surface area contributed by atoms with Crippen LogP contribution < -0.4 is 11.1 Å². The van der Waals surface area contributed by atoms with E-state index in [4.69, 9.17) is 24.7 Å². The van der Waals surface area contributed by atoms with Gasteiger partial charge in [-0.2, -0.15) is 0 Å². The topological polar surface area (TPSA) is 133 Å². The molecule has 236 valence electrons. The molecule has 9 heteroatoms. The lowest BCUT2D eigenvalue weighted by Crippen LogP contribution is -2.66. The van der Waals surface area contributed by atoms with Crippen LogP contribution in [0, 0.1) is 29.1 Å². The Labute approximate surface area is 250 Å². The summed E-state index contributed by atoms with van der Waals surface area (Å²) in [6.07, 6.45) is 9.89. The molecule has 0 aromatic rings. The van der Waals surface area contributed by atoms with Gasteiger partial charge in [-0.25, -0.2) is 4.79 Å². The number of hydrogen-bond donors (Lipinski definition) is 3. The smallest absolute Gasteiger partial charge is 0.341 e. The van der Waals surface area contributed by atoms with Gasteiger partial charge >= 0.3 is 5.97 Å². The lowest BCUT2D eigenvalue weighted by molar-refractivity contribution is -0.278. The molecule has 42 heavy (non-hydrogen) atoms. The number of carbonyl (C=O) groups is 2. The highest BCUT2D eigenvalue weighted by atomic mass is 16.7. The molecule has 0 aromatic carbocycles. The third-order valence-electron chi connectivity index (χ3n) is 12.6. The summed E-state index contributed by atoms with van der Waals surface area (Å²) in [6.45, 7) is 6.89. The highest BCUT2D eigenvalue weighted by Gasteiger charge is 2.68. The monoisotopic (exact) mass is 588 g/mol. The van der Waals surface area contributed by atoms with Crippen LogP contribution in [0.2, 0.25) is 0 Å². The van der Waals surface area contributed by atoms with E-state index in [1.165, 1.54) is 25.7 Å². The number of ketones is 1. The number of ether oxygens (including phenoxy) is 4. The number of fused-ring (bicyclic) bond motifs is 4. The average molecular weight is 589 g/mol. The van der Waals surface area contributed by atoms with Crippen LogP contribution >= 0.6 is 0 Å². The van der Waals surface area contributed by atoms with Gasteiger partial charge in [0, 0.05) is 24.7 Å². The van der Waals surface area contributed by atoms with Crippen molar-refractivity contribution in [1.29, 1.82) is 0 Å². The number of piperidine rings is 1. The summed E-state index contributed by atoms with van der Waals surface area (Å²) >= 11 is 0. The van der Waals surface area contributed by atoms with Gasteiger partial charge in [-0.1, -0.05) is 19.3 Å². The van der Waals surface area contributed by atoms with Gasteiger partial charge in [0.05, 0.1) is 42.6 Å². The standard InChI is InChI=1S/C33H52N2O7/c1-18-14-21(36)27-22(39-18)16-23-26(28(27)37)20-8-4-5-12-33(30(38)40-29(20)31(2,3)41-23)24(42-33)17-32(10-6-7-11-32)19-9-13-35-25(34)15-19/h18-20,22-29,35,37H,4-17,34H2,1-3H3. The van der Waals surface area contributed by atoms with E-state index in [0.29, 0.717) is 25.2 Å². The Morgan fingerprint density at radius 1 is 1.00 bits per heavy atom. The maximum Gasteiger partial charge on any atom is 0.341 e. The first-order valence-corrected chi connectivity index (χ1v) is 16.9. The largest absolute Gasteiger partial charge is 0.457 e. The van der Waals surface area contributed by atoms with E-state index < -0.39 is 29.3 Å². The second-order valence-electron chi connectivity index (χ2n) is 15.5. The lowest BCUT2D eigenvalue weighted by Gasteiger charge is -2.57. The second-order valence-corrected chi connectivity index (χ2v) is 15.5. The summed E-state index contributed by atoms with van der Waals surface area (Å²) in [5.41, 5.74) is 4.91. The van der Waals surface area contributed by atoms with Crippen molar-refractivity contribution in [3.63, 3.8) is 0 Å². The minimum absolute atomic E-state index is 0.0451. The molecule has 12 atom stereocenters. The van der Waals surface area contributed by atoms with E-state index in [1.807, 2.05) is 20.8 Å². The number of carbonyl (C=O) groups excluding carboxylic acids is 2. The van der Waals surface area contributed by atoms with Crippen LogP contribution in [0.25, 0.3) is 0 Å². The SMILES string of the molecule is CC1CC(=O)C2C(CC3OC(C)(C)C4OC(=O)C5(CCCCC4C3C2O)OC5CC2(C3CCNC(N)C3)CCCC2)O1. The van der Waals surface area contributed by atoms with Gasteiger partial charge in [-0.3, -0.25) is 4.79 Å². The third-order valence-corrected chi connectivity index (χ3v) is 12.6. The fraction of sp³-hybridized carbons (Fsp3) is 0.939. The molecule has 2 saturated carbocycles. The van der Waals surface area contributed by atoms with Gasteiger partial charge < -0.3 is 35.1 Å². The second kappa shape index (κ2) is 10.8. The van der Waals surface area contributed by atoms with Gasteiger partial charge in [0.1, 0.15) is 17.5 Å². The Balaban J connectivity index is 1.11. The number of epoxide rings is 1. The molecule has 7 rings (SSSR count). The predicted molar refractivity (Wildman–Crippen MR) is 154 cm³/mol. The number of aliphatic hydroxyl groups is 1. The van der Waals surface area contributed by atoms with Crippen molar-refractivity contribution in [2.45, 2.75) is 158 Å². The van der Waals surface area contributed by atoms with E-state index in [0.717, 1.165) is 45.1 Å². The molecule has 4 N–H and O–H groups in total. The van der Waals surface area contributed by atoms with Gasteiger partial charge in [0.15, 0.2) is 5.60 Å². The molecule has 0 amide bonds. The minimum Gasteiger partial charge on any atom is -0.457 e. The van der Waals surface area contributed by atoms with Crippen LogP contribution in [0.4, 0.5) is 0 Å². The Bertz CT molecular complexity index is 1060. The van der Waals surface area contributed by atoms with Crippen LogP contribution in [-0.4, -0.2) is 77.4 Å². The summed E-state index contributed by atoms with van der Waals surface area (Å²) in [5, 5.41) is 15.1. The summed E-state index contributed by atoms with van der Waals surface area (Å²) in [5.74, 6) is -0.518. The zero-order chi connectivity index (χ0) is 29.4. The Morgan fingerprint density at radius 2 is 1.76 bits per heavy atom. The van der Waals surface area contributed by atoms with Crippen molar-refractivity contribution in [3.05, 3.63) is 0 Å². The van der Waals surface area contributed by atoms with E-state index >= 15 is 0 Å². The van der Waals surface area contributed by atoms with Crippen molar-refractivity contribution in [3.8, 4) is 0 Å². The molecule has 5 saturated heterocycles. The van der Waals surface area contributed by atoms with Crippen LogP contribution in [0.5, 0.6) is 0 Å². The number of Topliss-reactive ketones (excluding diaryl/α,β-unsaturated/α-hetero) is 1. The number of aliphatic hydroxyl groups excluding tert-OH is 1. The van der Waals surface area contributed by atoms with Crippen LogP contribution in [0.15, 0.2) is 0 Å². The Hall–Kier alpha value is -1.10. The fourth-order valence-corrected chi connectivity index (χ4v) is 10.6. The average Bonchev–Trinajstić information content (AvgIpc) is 3.36. The molecule has 5 heterocycles. The van der Waals surface area contributed by atoms with Gasteiger partial charge in [-0.15, -0.1) is 0 Å². The first-order chi connectivity index (χ1) is 20.0. The Morgan fingerprint density at radius 3 is 2.52 bits per heavy atom. The quantitative estimate of drug-likeness (QED) is 0.335. The molecular weight excluding hydrogens is 536 g/mol. The number of nitrogens with two attached hydrogens (primary N) is 1. The van der Waals surface area contributed by atoms with Crippen molar-refractivity contribution < 1.29 is 33.6 Å². The number of hydrogen-bond acceptors (Lipinski definition) is 9. The molecule has 7 fully saturated rings. The zero-order valence-corrected chi connectivity index (χ0v) is 25.7. The normalized spacial score (nSPS) is 50.0. The molecular formula is C33H52N2O7. The van der Waals surface area contributed by atoms with Crippen LogP contribution in [0.1, 0.15) is 104 Å². The molecule has 12 unspecified atom stereocenters. The van der Waals surface area contributed by atoms with E-state index in [1.54, 1.807) is 0 Å². The lowest BCUT2D eigenvalue weighted by atomic mass is 9.62. The number of rotatable bonds is 3. The molecule has 9 nitrogen and oxygen atoms in total. The maximum absolute atomic E-state index is 14.2. The van der Waals surface area contributed by atoms with Crippen LogP contribution in [-0.2, 0) is 28.5 Å². The van der Waals surface area contributed by atoms with Crippen molar-refractivity contribution in [1.82, 2.24) is 5.32 Å². The molecule has 0 radical (unpaired) electrons. The molecule has 2 aliphatic carbocycles. The zero-order valence-electron chi connectivity index (χ0n) is 25.7. The molecule has 1 spiro atoms. The summed E-state index contributed by atoms with van der Waals surface area (Å²) in [6, 6.07) is 0. The first kappa shape index (κ1) is 29.6. The number of esters is 1. The van der Waals surface area contributed by atoms with Crippen LogP contribution in [0.3, 0.4) is 0 Å². The van der Waals surface area contributed by atoms with E-state index in [9.17, 15) is 14.7 Å². The molecule has 0 aromatic heterocycles. The summed E-state index contributed by atoms with van der Waals surface area (Å²) < 4.78 is 25.8. The predicted octanol–water partition coefficient (Wildman–Crippen LogP) is 3.38. The summed E-state index contributed by atoms with van der Waals surface area (Å²) in [4.78, 5) is 27.2. The minimum atomic E-state index is -0.883. The highest BCUT2D eigenvalue weighted by molar-refractivity contribution is 5.84. The Kier molecular flexibility index (Phi) is 7.59. The van der Waals surface area contributed by atoms with Gasteiger partial charge in [0.2, 0.25) is 0 Å².